The summed E-state index contributed by atoms with van der Waals surface area (Å²) in [6.07, 6.45) is 1.79. The van der Waals surface area contributed by atoms with E-state index >= 15 is 0 Å². The van der Waals surface area contributed by atoms with E-state index < -0.39 is 0 Å². The third-order valence-electron chi connectivity index (χ3n) is 3.24. The Bertz CT molecular complexity index is 459. The van der Waals surface area contributed by atoms with Crippen LogP contribution in [0.5, 0.6) is 0 Å². The van der Waals surface area contributed by atoms with Crippen LogP contribution < -0.4 is 10.6 Å². The Kier molecular flexibility index (Phi) is 6.22. The monoisotopic (exact) mass is 276 g/mol. The fourth-order valence-corrected chi connectivity index (χ4v) is 2.14. The van der Waals surface area contributed by atoms with Crippen LogP contribution in [0.3, 0.4) is 0 Å². The Morgan fingerprint density at radius 3 is 2.10 bits per heavy atom. The first-order valence-corrected chi connectivity index (χ1v) is 7.12. The van der Waals surface area contributed by atoms with Gasteiger partial charge in [0.05, 0.1) is 6.54 Å². The third-order valence-corrected chi connectivity index (χ3v) is 3.24. The van der Waals surface area contributed by atoms with Gasteiger partial charge in [0.2, 0.25) is 5.91 Å². The normalized spacial score (nSPS) is 10.4. The molecule has 110 valence electrons. The molecule has 20 heavy (non-hydrogen) atoms. The number of aryl methyl sites for hydroxylation is 2. The molecule has 4 heteroatoms. The summed E-state index contributed by atoms with van der Waals surface area (Å²) in [6, 6.07) is 5.83. The zero-order valence-electron chi connectivity index (χ0n) is 12.7. The smallest absolute Gasteiger partial charge is 0.251 e. The lowest BCUT2D eigenvalue weighted by molar-refractivity contribution is -0.120. The highest BCUT2D eigenvalue weighted by Crippen LogP contribution is 2.08. The molecule has 0 aliphatic carbocycles. The molecule has 4 nitrogen and oxygen atoms in total. The number of carbonyl (C=O) groups excluding carboxylic acids is 2. The van der Waals surface area contributed by atoms with Crippen molar-refractivity contribution < 1.29 is 9.59 Å². The molecule has 0 aliphatic heterocycles. The molecule has 0 radical (unpaired) electrons. The van der Waals surface area contributed by atoms with Gasteiger partial charge in [-0.2, -0.15) is 0 Å². The summed E-state index contributed by atoms with van der Waals surface area (Å²) >= 11 is 0. The summed E-state index contributed by atoms with van der Waals surface area (Å²) in [7, 11) is 0. The van der Waals surface area contributed by atoms with Gasteiger partial charge >= 0.3 is 0 Å². The van der Waals surface area contributed by atoms with Crippen molar-refractivity contribution in [2.45, 2.75) is 46.6 Å². The van der Waals surface area contributed by atoms with Crippen LogP contribution in [0.2, 0.25) is 0 Å². The van der Waals surface area contributed by atoms with Crippen molar-refractivity contribution in [3.8, 4) is 0 Å². The van der Waals surface area contributed by atoms with Crippen LogP contribution in [0.1, 0.15) is 48.2 Å². The Morgan fingerprint density at radius 1 is 1.05 bits per heavy atom. The fraction of sp³-hybridized carbons (Fsp3) is 0.500. The Hall–Kier alpha value is -1.84. The molecule has 0 aliphatic rings. The van der Waals surface area contributed by atoms with Gasteiger partial charge in [0, 0.05) is 11.6 Å². The van der Waals surface area contributed by atoms with Gasteiger partial charge in [0.15, 0.2) is 0 Å². The molecule has 1 rings (SSSR count). The number of rotatable bonds is 6. The predicted molar refractivity (Wildman–Crippen MR) is 80.8 cm³/mol. The van der Waals surface area contributed by atoms with Gasteiger partial charge in [-0.1, -0.05) is 31.0 Å². The van der Waals surface area contributed by atoms with Crippen LogP contribution in [0.15, 0.2) is 18.2 Å². The Balaban J connectivity index is 2.52. The molecule has 2 amide bonds. The number of hydrogen-bond donors (Lipinski definition) is 2. The number of hydrogen-bond acceptors (Lipinski definition) is 2. The van der Waals surface area contributed by atoms with Crippen molar-refractivity contribution in [1.82, 2.24) is 10.6 Å². The van der Waals surface area contributed by atoms with E-state index in [0.29, 0.717) is 5.56 Å². The summed E-state index contributed by atoms with van der Waals surface area (Å²) in [5.74, 6) is -0.354. The second kappa shape index (κ2) is 7.68. The molecule has 2 N–H and O–H groups in total. The maximum Gasteiger partial charge on any atom is 0.251 e. The van der Waals surface area contributed by atoms with Crippen LogP contribution in [-0.2, 0) is 4.79 Å². The van der Waals surface area contributed by atoms with Crippen molar-refractivity contribution in [2.24, 2.45) is 0 Å². The summed E-state index contributed by atoms with van der Waals surface area (Å²) in [6.45, 7) is 7.97. The molecule has 0 atom stereocenters. The maximum absolute atomic E-state index is 12.0. The third kappa shape index (κ3) is 5.03. The van der Waals surface area contributed by atoms with Gasteiger partial charge < -0.3 is 10.6 Å². The molecular formula is C16H24N2O2. The first-order chi connectivity index (χ1) is 9.46. The lowest BCUT2D eigenvalue weighted by Gasteiger charge is -2.15. The van der Waals surface area contributed by atoms with Crippen LogP contribution in [-0.4, -0.2) is 24.4 Å². The lowest BCUT2D eigenvalue weighted by Crippen LogP contribution is -2.41. The highest BCUT2D eigenvalue weighted by molar-refractivity contribution is 5.96. The van der Waals surface area contributed by atoms with Crippen molar-refractivity contribution in [2.75, 3.05) is 6.54 Å². The molecule has 0 heterocycles. The first kappa shape index (κ1) is 16.2. The van der Waals surface area contributed by atoms with E-state index in [1.807, 2.05) is 45.9 Å². The van der Waals surface area contributed by atoms with E-state index in [2.05, 4.69) is 10.6 Å². The standard InChI is InChI=1S/C16H24N2O2/c1-5-14(6-2)18-15(19)10-17-16(20)13-8-11(3)7-12(4)9-13/h7-9,14H,5-6,10H2,1-4H3,(H,17,20)(H,18,19). The van der Waals surface area contributed by atoms with E-state index in [9.17, 15) is 9.59 Å². The molecule has 0 fully saturated rings. The topological polar surface area (TPSA) is 58.2 Å². The van der Waals surface area contributed by atoms with Gasteiger partial charge in [-0.25, -0.2) is 0 Å². The summed E-state index contributed by atoms with van der Waals surface area (Å²) in [5, 5.41) is 5.55. The Morgan fingerprint density at radius 2 is 1.60 bits per heavy atom. The van der Waals surface area contributed by atoms with Crippen molar-refractivity contribution >= 4 is 11.8 Å². The average molecular weight is 276 g/mol. The van der Waals surface area contributed by atoms with Crippen LogP contribution in [0.25, 0.3) is 0 Å². The van der Waals surface area contributed by atoms with Crippen LogP contribution in [0, 0.1) is 13.8 Å². The maximum atomic E-state index is 12.0. The van der Waals surface area contributed by atoms with Gasteiger partial charge in [-0.15, -0.1) is 0 Å². The SMILES string of the molecule is CCC(CC)NC(=O)CNC(=O)c1cc(C)cc(C)c1. The molecule has 0 saturated carbocycles. The second-order valence-corrected chi connectivity index (χ2v) is 5.14. The highest BCUT2D eigenvalue weighted by Gasteiger charge is 2.11. The molecule has 0 saturated heterocycles. The molecule has 0 bridgehead atoms. The molecular weight excluding hydrogens is 252 g/mol. The second-order valence-electron chi connectivity index (χ2n) is 5.14. The highest BCUT2D eigenvalue weighted by atomic mass is 16.2. The minimum atomic E-state index is -0.212. The molecule has 0 unspecified atom stereocenters. The summed E-state index contributed by atoms with van der Waals surface area (Å²) < 4.78 is 0. The zero-order chi connectivity index (χ0) is 15.1. The first-order valence-electron chi connectivity index (χ1n) is 7.12. The molecule has 0 aromatic heterocycles. The molecule has 1 aromatic carbocycles. The van der Waals surface area contributed by atoms with Crippen LogP contribution >= 0.6 is 0 Å². The number of carbonyl (C=O) groups is 2. The number of benzene rings is 1. The van der Waals surface area contributed by atoms with Gasteiger partial charge in [0.25, 0.3) is 5.91 Å². The van der Waals surface area contributed by atoms with E-state index in [1.54, 1.807) is 0 Å². The molecule has 0 spiro atoms. The van der Waals surface area contributed by atoms with E-state index in [4.69, 9.17) is 0 Å². The van der Waals surface area contributed by atoms with Crippen molar-refractivity contribution in [1.29, 1.82) is 0 Å². The van der Waals surface area contributed by atoms with Crippen molar-refractivity contribution in [3.05, 3.63) is 34.9 Å². The van der Waals surface area contributed by atoms with Gasteiger partial charge in [-0.3, -0.25) is 9.59 Å². The quantitative estimate of drug-likeness (QED) is 0.838. The van der Waals surface area contributed by atoms with E-state index in [-0.39, 0.29) is 24.4 Å². The minimum Gasteiger partial charge on any atom is -0.352 e. The van der Waals surface area contributed by atoms with Crippen molar-refractivity contribution in [3.63, 3.8) is 0 Å². The van der Waals surface area contributed by atoms with Crippen LogP contribution in [0.4, 0.5) is 0 Å². The minimum absolute atomic E-state index is 0.0162. The largest absolute Gasteiger partial charge is 0.352 e. The van der Waals surface area contributed by atoms with Gasteiger partial charge in [-0.05, 0) is 38.8 Å². The van der Waals surface area contributed by atoms with Gasteiger partial charge in [0.1, 0.15) is 0 Å². The molecule has 1 aromatic rings. The number of amides is 2. The predicted octanol–water partition coefficient (Wildman–Crippen LogP) is 2.34. The average Bonchev–Trinajstić information content (AvgIpc) is 2.41. The Labute approximate surface area is 121 Å². The van der Waals surface area contributed by atoms with E-state index in [0.717, 1.165) is 24.0 Å². The zero-order valence-corrected chi connectivity index (χ0v) is 12.7. The van der Waals surface area contributed by atoms with E-state index in [1.165, 1.54) is 0 Å². The number of nitrogens with one attached hydrogen (secondary N) is 2. The summed E-state index contributed by atoms with van der Waals surface area (Å²) in [5.41, 5.74) is 2.67. The summed E-state index contributed by atoms with van der Waals surface area (Å²) in [4.78, 5) is 23.7. The fourth-order valence-electron chi connectivity index (χ4n) is 2.14. The lowest BCUT2D eigenvalue weighted by atomic mass is 10.1.